The van der Waals surface area contributed by atoms with Gasteiger partial charge in [0.15, 0.2) is 0 Å². The fraction of sp³-hybridized carbons (Fsp3) is 0.889. The summed E-state index contributed by atoms with van der Waals surface area (Å²) in [6.45, 7) is 2.77. The molecule has 88 valence electrons. The van der Waals surface area contributed by atoms with E-state index in [-0.39, 0.29) is 23.5 Å². The van der Waals surface area contributed by atoms with E-state index in [2.05, 4.69) is 10.6 Å². The van der Waals surface area contributed by atoms with E-state index in [1.54, 1.807) is 0 Å². The first kappa shape index (κ1) is 12.4. The van der Waals surface area contributed by atoms with Crippen molar-refractivity contribution in [2.24, 2.45) is 0 Å². The van der Waals surface area contributed by atoms with Crippen LogP contribution in [0.25, 0.3) is 0 Å². The highest BCUT2D eigenvalue weighted by Crippen LogP contribution is 2.11. The van der Waals surface area contributed by atoms with Gasteiger partial charge in [-0.25, -0.2) is 8.42 Å². The van der Waals surface area contributed by atoms with Crippen molar-refractivity contribution < 1.29 is 13.2 Å². The average molecular weight is 234 g/mol. The number of amides is 1. The van der Waals surface area contributed by atoms with Crippen LogP contribution in [-0.2, 0) is 14.6 Å². The van der Waals surface area contributed by atoms with Crippen molar-refractivity contribution in [3.05, 3.63) is 0 Å². The molecule has 6 heteroatoms. The molecule has 5 nitrogen and oxygen atoms in total. The van der Waals surface area contributed by atoms with Gasteiger partial charge in [-0.15, -0.1) is 0 Å². The first-order valence-electron chi connectivity index (χ1n) is 5.18. The summed E-state index contributed by atoms with van der Waals surface area (Å²) in [5.41, 5.74) is 0. The Morgan fingerprint density at radius 1 is 1.27 bits per heavy atom. The van der Waals surface area contributed by atoms with Gasteiger partial charge in [0.25, 0.3) is 0 Å². The summed E-state index contributed by atoms with van der Waals surface area (Å²) in [6.07, 6.45) is 1.37. The normalized spacial score (nSPS) is 21.1. The van der Waals surface area contributed by atoms with Gasteiger partial charge in [0.05, 0.1) is 11.5 Å². The van der Waals surface area contributed by atoms with Crippen molar-refractivity contribution in [2.45, 2.75) is 25.8 Å². The number of nitrogens with one attached hydrogen (secondary N) is 2. The summed E-state index contributed by atoms with van der Waals surface area (Å²) in [7, 11) is -2.77. The Morgan fingerprint density at radius 3 is 2.40 bits per heavy atom. The summed E-state index contributed by atoms with van der Waals surface area (Å²) in [5, 5.41) is 5.92. The molecule has 0 aliphatic carbocycles. The molecule has 1 aliphatic heterocycles. The Labute approximate surface area is 90.5 Å². The van der Waals surface area contributed by atoms with Crippen molar-refractivity contribution in [1.82, 2.24) is 10.6 Å². The Balaban J connectivity index is 2.11. The highest BCUT2D eigenvalue weighted by atomic mass is 32.2. The SMILES string of the molecule is CC(=O)NCCNC1CCS(=O)(=O)CC1. The predicted molar refractivity (Wildman–Crippen MR) is 58.4 cm³/mol. The van der Waals surface area contributed by atoms with Crippen LogP contribution in [0.15, 0.2) is 0 Å². The molecule has 1 amide bonds. The Hall–Kier alpha value is -0.620. The first-order chi connectivity index (χ1) is 6.99. The lowest BCUT2D eigenvalue weighted by atomic mass is 10.1. The van der Waals surface area contributed by atoms with E-state index in [0.717, 1.165) is 0 Å². The van der Waals surface area contributed by atoms with E-state index >= 15 is 0 Å². The molecule has 0 bridgehead atoms. The molecule has 1 rings (SSSR count). The molecular formula is C9H18N2O3S. The second kappa shape index (κ2) is 5.46. The highest BCUT2D eigenvalue weighted by molar-refractivity contribution is 7.91. The lowest BCUT2D eigenvalue weighted by Crippen LogP contribution is -2.41. The molecule has 0 aromatic heterocycles. The maximum Gasteiger partial charge on any atom is 0.216 e. The van der Waals surface area contributed by atoms with Crippen LogP contribution in [0.5, 0.6) is 0 Å². The lowest BCUT2D eigenvalue weighted by Gasteiger charge is -2.23. The second-order valence-corrected chi connectivity index (χ2v) is 6.17. The Kier molecular flexibility index (Phi) is 4.53. The van der Waals surface area contributed by atoms with Gasteiger partial charge in [-0.1, -0.05) is 0 Å². The van der Waals surface area contributed by atoms with Gasteiger partial charge in [-0.3, -0.25) is 4.79 Å². The largest absolute Gasteiger partial charge is 0.355 e. The third kappa shape index (κ3) is 5.13. The quantitative estimate of drug-likeness (QED) is 0.630. The molecule has 1 fully saturated rings. The molecule has 0 aromatic carbocycles. The number of carbonyl (C=O) groups excluding carboxylic acids is 1. The lowest BCUT2D eigenvalue weighted by molar-refractivity contribution is -0.118. The molecule has 0 atom stereocenters. The predicted octanol–water partition coefficient (Wildman–Crippen LogP) is -0.711. The van der Waals surface area contributed by atoms with Crippen LogP contribution in [0, 0.1) is 0 Å². The summed E-state index contributed by atoms with van der Waals surface area (Å²) < 4.78 is 22.3. The van der Waals surface area contributed by atoms with Gasteiger partial charge in [0.2, 0.25) is 5.91 Å². The number of sulfone groups is 1. The van der Waals surface area contributed by atoms with Crippen LogP contribution in [-0.4, -0.2) is 45.0 Å². The van der Waals surface area contributed by atoms with Crippen molar-refractivity contribution in [3.63, 3.8) is 0 Å². The molecule has 0 unspecified atom stereocenters. The minimum absolute atomic E-state index is 0.0389. The molecule has 1 aliphatic rings. The Bertz CT molecular complexity index is 299. The van der Waals surface area contributed by atoms with E-state index < -0.39 is 9.84 Å². The van der Waals surface area contributed by atoms with Crippen LogP contribution < -0.4 is 10.6 Å². The summed E-state index contributed by atoms with van der Waals surface area (Å²) in [5.74, 6) is 0.526. The number of hydrogen-bond donors (Lipinski definition) is 2. The number of carbonyl (C=O) groups is 1. The van der Waals surface area contributed by atoms with Crippen molar-refractivity contribution in [3.8, 4) is 0 Å². The smallest absolute Gasteiger partial charge is 0.216 e. The van der Waals surface area contributed by atoms with Gasteiger partial charge in [-0.2, -0.15) is 0 Å². The molecule has 0 aromatic rings. The third-order valence-electron chi connectivity index (χ3n) is 2.49. The van der Waals surface area contributed by atoms with E-state index in [0.29, 0.717) is 25.9 Å². The molecule has 15 heavy (non-hydrogen) atoms. The van der Waals surface area contributed by atoms with Crippen LogP contribution in [0.2, 0.25) is 0 Å². The fourth-order valence-electron chi connectivity index (χ4n) is 1.61. The average Bonchev–Trinajstić information content (AvgIpc) is 2.14. The summed E-state index contributed by atoms with van der Waals surface area (Å²) >= 11 is 0. The van der Waals surface area contributed by atoms with Crippen LogP contribution >= 0.6 is 0 Å². The van der Waals surface area contributed by atoms with E-state index in [4.69, 9.17) is 0 Å². The van der Waals surface area contributed by atoms with Gasteiger partial charge >= 0.3 is 0 Å². The van der Waals surface area contributed by atoms with Crippen molar-refractivity contribution >= 4 is 15.7 Å². The standard InChI is InChI=1S/C9H18N2O3S/c1-8(12)10-4-5-11-9-2-6-15(13,14)7-3-9/h9,11H,2-7H2,1H3,(H,10,12). The fourth-order valence-corrected chi connectivity index (χ4v) is 3.10. The van der Waals surface area contributed by atoms with E-state index in [9.17, 15) is 13.2 Å². The maximum absolute atomic E-state index is 11.1. The molecule has 2 N–H and O–H groups in total. The topological polar surface area (TPSA) is 75.3 Å². The highest BCUT2D eigenvalue weighted by Gasteiger charge is 2.22. The van der Waals surface area contributed by atoms with Gasteiger partial charge in [0, 0.05) is 26.1 Å². The number of hydrogen-bond acceptors (Lipinski definition) is 4. The molecule has 0 radical (unpaired) electrons. The molecule has 0 saturated carbocycles. The maximum atomic E-state index is 11.1. The van der Waals surface area contributed by atoms with E-state index in [1.165, 1.54) is 6.92 Å². The minimum Gasteiger partial charge on any atom is -0.355 e. The third-order valence-corrected chi connectivity index (χ3v) is 4.20. The number of rotatable bonds is 4. The van der Waals surface area contributed by atoms with Gasteiger partial charge in [0.1, 0.15) is 9.84 Å². The zero-order valence-corrected chi connectivity index (χ0v) is 9.77. The van der Waals surface area contributed by atoms with Crippen molar-refractivity contribution in [1.29, 1.82) is 0 Å². The monoisotopic (exact) mass is 234 g/mol. The molecule has 1 saturated heterocycles. The van der Waals surface area contributed by atoms with Crippen LogP contribution in [0.3, 0.4) is 0 Å². The van der Waals surface area contributed by atoms with Gasteiger partial charge in [-0.05, 0) is 12.8 Å². The molecule has 1 heterocycles. The van der Waals surface area contributed by atoms with Crippen LogP contribution in [0.1, 0.15) is 19.8 Å². The zero-order valence-electron chi connectivity index (χ0n) is 8.95. The van der Waals surface area contributed by atoms with Gasteiger partial charge < -0.3 is 10.6 Å². The summed E-state index contributed by atoms with van der Waals surface area (Å²) in [4.78, 5) is 10.6. The molecule has 0 spiro atoms. The van der Waals surface area contributed by atoms with Crippen LogP contribution in [0.4, 0.5) is 0 Å². The zero-order chi connectivity index (χ0) is 11.3. The molecular weight excluding hydrogens is 216 g/mol. The first-order valence-corrected chi connectivity index (χ1v) is 7.00. The summed E-state index contributed by atoms with van der Waals surface area (Å²) in [6, 6.07) is 0.280. The Morgan fingerprint density at radius 2 is 1.87 bits per heavy atom. The minimum atomic E-state index is -2.77. The van der Waals surface area contributed by atoms with E-state index in [1.807, 2.05) is 0 Å². The van der Waals surface area contributed by atoms with Crippen molar-refractivity contribution in [2.75, 3.05) is 24.6 Å². The second-order valence-electron chi connectivity index (χ2n) is 3.86.